The SMILES string of the molecule is O=C(c1ccc2c(c1)OCCO2)N(CC1CCCO1)c1nc2c(Cl)cccc2s1. The Balaban J connectivity index is 1.52. The topological polar surface area (TPSA) is 60.9 Å². The van der Waals surface area contributed by atoms with E-state index in [-0.39, 0.29) is 12.0 Å². The second kappa shape index (κ2) is 7.82. The highest BCUT2D eigenvalue weighted by molar-refractivity contribution is 7.22. The van der Waals surface area contributed by atoms with Crippen molar-refractivity contribution >= 4 is 44.2 Å². The molecule has 1 amide bonds. The van der Waals surface area contributed by atoms with Gasteiger partial charge in [0, 0.05) is 12.2 Å². The van der Waals surface area contributed by atoms with Gasteiger partial charge in [-0.3, -0.25) is 9.69 Å². The van der Waals surface area contributed by atoms with Gasteiger partial charge in [-0.05, 0) is 43.2 Å². The standard InChI is InChI=1S/C21H19ClN2O4S/c22-15-4-1-5-18-19(15)23-21(29-18)24(12-14-3-2-8-26-14)20(25)13-6-7-16-17(11-13)28-10-9-27-16/h1,4-7,11,14H,2-3,8-10,12H2. The van der Waals surface area contributed by atoms with E-state index in [1.807, 2.05) is 12.1 Å². The summed E-state index contributed by atoms with van der Waals surface area (Å²) in [5.41, 5.74) is 1.24. The molecule has 29 heavy (non-hydrogen) atoms. The van der Waals surface area contributed by atoms with Crippen LogP contribution in [-0.2, 0) is 4.74 Å². The zero-order chi connectivity index (χ0) is 19.8. The number of aromatic nitrogens is 1. The Morgan fingerprint density at radius 3 is 2.83 bits per heavy atom. The second-order valence-corrected chi connectivity index (χ2v) is 8.41. The highest BCUT2D eigenvalue weighted by Gasteiger charge is 2.28. The van der Waals surface area contributed by atoms with Gasteiger partial charge < -0.3 is 14.2 Å². The molecule has 1 fully saturated rings. The first-order valence-electron chi connectivity index (χ1n) is 9.57. The second-order valence-electron chi connectivity index (χ2n) is 6.99. The highest BCUT2D eigenvalue weighted by Crippen LogP contribution is 2.35. The average Bonchev–Trinajstić information content (AvgIpc) is 3.41. The number of fused-ring (bicyclic) bond motifs is 2. The number of carbonyl (C=O) groups is 1. The molecule has 5 rings (SSSR count). The quantitative estimate of drug-likeness (QED) is 0.607. The van der Waals surface area contributed by atoms with Crippen molar-refractivity contribution in [2.45, 2.75) is 18.9 Å². The maximum atomic E-state index is 13.5. The first kappa shape index (κ1) is 18.7. The molecule has 1 aromatic heterocycles. The zero-order valence-corrected chi connectivity index (χ0v) is 17.2. The lowest BCUT2D eigenvalue weighted by Crippen LogP contribution is -2.37. The molecule has 2 aliphatic heterocycles. The number of thiazole rings is 1. The van der Waals surface area contributed by atoms with E-state index in [1.54, 1.807) is 29.2 Å². The van der Waals surface area contributed by atoms with Gasteiger partial charge in [0.15, 0.2) is 16.6 Å². The lowest BCUT2D eigenvalue weighted by Gasteiger charge is -2.24. The van der Waals surface area contributed by atoms with Crippen LogP contribution < -0.4 is 14.4 Å². The van der Waals surface area contributed by atoms with Gasteiger partial charge in [-0.2, -0.15) is 0 Å². The number of nitrogens with zero attached hydrogens (tertiary/aromatic N) is 2. The van der Waals surface area contributed by atoms with Crippen molar-refractivity contribution in [2.75, 3.05) is 31.3 Å². The summed E-state index contributed by atoms with van der Waals surface area (Å²) >= 11 is 7.76. The predicted molar refractivity (Wildman–Crippen MR) is 113 cm³/mol. The molecular weight excluding hydrogens is 412 g/mol. The summed E-state index contributed by atoms with van der Waals surface area (Å²) in [7, 11) is 0. The Hall–Kier alpha value is -2.35. The number of halogens is 1. The van der Waals surface area contributed by atoms with Crippen LogP contribution >= 0.6 is 22.9 Å². The van der Waals surface area contributed by atoms with E-state index in [4.69, 9.17) is 25.8 Å². The largest absolute Gasteiger partial charge is 0.486 e. The number of para-hydroxylation sites is 1. The number of ether oxygens (including phenoxy) is 3. The number of hydrogen-bond donors (Lipinski definition) is 0. The fourth-order valence-electron chi connectivity index (χ4n) is 3.59. The minimum Gasteiger partial charge on any atom is -0.486 e. The lowest BCUT2D eigenvalue weighted by atomic mass is 10.1. The molecule has 3 heterocycles. The molecule has 3 aromatic rings. The summed E-state index contributed by atoms with van der Waals surface area (Å²) in [4.78, 5) is 19.9. The van der Waals surface area contributed by atoms with E-state index in [9.17, 15) is 4.79 Å². The van der Waals surface area contributed by atoms with Crippen LogP contribution in [0.25, 0.3) is 10.2 Å². The molecule has 1 unspecified atom stereocenters. The molecule has 150 valence electrons. The number of rotatable bonds is 4. The average molecular weight is 431 g/mol. The van der Waals surface area contributed by atoms with E-state index < -0.39 is 0 Å². The summed E-state index contributed by atoms with van der Waals surface area (Å²) in [6.45, 7) is 2.16. The van der Waals surface area contributed by atoms with Crippen LogP contribution in [0.2, 0.25) is 5.02 Å². The zero-order valence-electron chi connectivity index (χ0n) is 15.6. The molecule has 1 saturated heterocycles. The summed E-state index contributed by atoms with van der Waals surface area (Å²) < 4.78 is 18.0. The Morgan fingerprint density at radius 2 is 2.03 bits per heavy atom. The maximum Gasteiger partial charge on any atom is 0.260 e. The maximum absolute atomic E-state index is 13.5. The van der Waals surface area contributed by atoms with Crippen LogP contribution in [0.4, 0.5) is 5.13 Å². The van der Waals surface area contributed by atoms with Crippen molar-refractivity contribution in [3.05, 3.63) is 47.0 Å². The van der Waals surface area contributed by atoms with Crippen molar-refractivity contribution in [1.29, 1.82) is 0 Å². The molecular formula is C21H19ClN2O4S. The Bertz CT molecular complexity index is 1060. The van der Waals surface area contributed by atoms with E-state index in [1.165, 1.54) is 11.3 Å². The minimum atomic E-state index is -0.146. The fraction of sp³-hybridized carbons (Fsp3) is 0.333. The monoisotopic (exact) mass is 430 g/mol. The molecule has 0 bridgehead atoms. The Morgan fingerprint density at radius 1 is 1.17 bits per heavy atom. The van der Waals surface area contributed by atoms with Crippen LogP contribution in [-0.4, -0.2) is 43.4 Å². The van der Waals surface area contributed by atoms with E-state index in [0.717, 1.165) is 24.1 Å². The molecule has 0 radical (unpaired) electrons. The first-order valence-corrected chi connectivity index (χ1v) is 10.8. The van der Waals surface area contributed by atoms with Gasteiger partial charge in [-0.15, -0.1) is 0 Å². The van der Waals surface area contributed by atoms with Crippen LogP contribution in [0.3, 0.4) is 0 Å². The van der Waals surface area contributed by atoms with E-state index in [0.29, 0.717) is 52.5 Å². The summed E-state index contributed by atoms with van der Waals surface area (Å²) in [6, 6.07) is 10.9. The Labute approximate surface area is 177 Å². The van der Waals surface area contributed by atoms with Crippen molar-refractivity contribution in [3.63, 3.8) is 0 Å². The van der Waals surface area contributed by atoms with Gasteiger partial charge in [0.25, 0.3) is 5.91 Å². The first-order chi connectivity index (χ1) is 14.2. The summed E-state index contributed by atoms with van der Waals surface area (Å²) in [5, 5.41) is 1.19. The molecule has 8 heteroatoms. The molecule has 6 nitrogen and oxygen atoms in total. The predicted octanol–water partition coefficient (Wildman–Crippen LogP) is 4.55. The molecule has 2 aliphatic rings. The third-order valence-electron chi connectivity index (χ3n) is 5.03. The van der Waals surface area contributed by atoms with E-state index in [2.05, 4.69) is 4.98 Å². The van der Waals surface area contributed by atoms with Crippen molar-refractivity contribution in [2.24, 2.45) is 0 Å². The normalized spacial score (nSPS) is 18.2. The molecule has 0 saturated carbocycles. The van der Waals surface area contributed by atoms with Gasteiger partial charge in [0.05, 0.1) is 22.4 Å². The van der Waals surface area contributed by atoms with Crippen LogP contribution in [0, 0.1) is 0 Å². The van der Waals surface area contributed by atoms with Gasteiger partial charge >= 0.3 is 0 Å². The van der Waals surface area contributed by atoms with Crippen LogP contribution in [0.5, 0.6) is 11.5 Å². The Kier molecular flexibility index (Phi) is 5.03. The summed E-state index contributed by atoms with van der Waals surface area (Å²) in [6.07, 6.45) is 1.93. The molecule has 0 N–H and O–H groups in total. The van der Waals surface area contributed by atoms with Crippen LogP contribution in [0.1, 0.15) is 23.2 Å². The van der Waals surface area contributed by atoms with Gasteiger partial charge in [-0.1, -0.05) is 29.0 Å². The summed E-state index contributed by atoms with van der Waals surface area (Å²) in [5.74, 6) is 1.10. The number of anilines is 1. The molecule has 2 aromatic carbocycles. The van der Waals surface area contributed by atoms with Crippen molar-refractivity contribution in [1.82, 2.24) is 4.98 Å². The van der Waals surface area contributed by atoms with E-state index >= 15 is 0 Å². The number of benzene rings is 2. The van der Waals surface area contributed by atoms with Gasteiger partial charge in [-0.25, -0.2) is 4.98 Å². The number of carbonyl (C=O) groups excluding carboxylic acids is 1. The number of amides is 1. The van der Waals surface area contributed by atoms with Crippen LogP contribution in [0.15, 0.2) is 36.4 Å². The van der Waals surface area contributed by atoms with Gasteiger partial charge in [0.1, 0.15) is 18.7 Å². The fourth-order valence-corrected chi connectivity index (χ4v) is 4.86. The molecule has 1 atom stereocenters. The lowest BCUT2D eigenvalue weighted by molar-refractivity contribution is 0.0916. The van der Waals surface area contributed by atoms with Gasteiger partial charge in [0.2, 0.25) is 0 Å². The molecule has 0 spiro atoms. The number of hydrogen-bond acceptors (Lipinski definition) is 6. The molecule has 0 aliphatic carbocycles. The third kappa shape index (κ3) is 3.66. The van der Waals surface area contributed by atoms with Crippen molar-refractivity contribution in [3.8, 4) is 11.5 Å². The smallest absolute Gasteiger partial charge is 0.260 e. The minimum absolute atomic E-state index is 0.00125. The third-order valence-corrected chi connectivity index (χ3v) is 6.38. The van der Waals surface area contributed by atoms with Crippen molar-refractivity contribution < 1.29 is 19.0 Å². The highest BCUT2D eigenvalue weighted by atomic mass is 35.5.